The van der Waals surface area contributed by atoms with Gasteiger partial charge in [-0.15, -0.1) is 11.3 Å². The number of fused-ring (bicyclic) bond motifs is 1. The maximum absolute atomic E-state index is 8.81. The monoisotopic (exact) mass is 453 g/mol. The lowest BCUT2D eigenvalue weighted by atomic mass is 10.0. The lowest BCUT2D eigenvalue weighted by Crippen LogP contribution is -2.33. The van der Waals surface area contributed by atoms with E-state index in [2.05, 4.69) is 44.2 Å². The largest absolute Gasteiger partial charge is 0.439 e. The number of hydrogen-bond donors (Lipinski definition) is 1. The first-order valence-electron chi connectivity index (χ1n) is 10.8. The van der Waals surface area contributed by atoms with Crippen molar-refractivity contribution in [2.45, 2.75) is 53.1 Å². The minimum absolute atomic E-state index is 0.454. The summed E-state index contributed by atoms with van der Waals surface area (Å²) in [6, 6.07) is 8.75. The molecule has 1 aromatic carbocycles. The SMILES string of the molecule is CC=O.CNc1ncc(CN2CCc3ccc(Oc4cc(C)nc(C)n4)cc3C[C@@H]2C)s1. The summed E-state index contributed by atoms with van der Waals surface area (Å²) in [6.07, 6.45) is 4.79. The van der Waals surface area contributed by atoms with Crippen LogP contribution in [-0.2, 0) is 24.2 Å². The Labute approximate surface area is 193 Å². The van der Waals surface area contributed by atoms with Gasteiger partial charge in [0, 0.05) is 49.0 Å². The molecule has 1 atom stereocenters. The third-order valence-corrected chi connectivity index (χ3v) is 6.28. The fourth-order valence-corrected chi connectivity index (χ4v) is 4.61. The second-order valence-corrected chi connectivity index (χ2v) is 8.93. The van der Waals surface area contributed by atoms with Gasteiger partial charge >= 0.3 is 0 Å². The first-order valence-corrected chi connectivity index (χ1v) is 11.6. The Kier molecular flexibility index (Phi) is 8.30. The van der Waals surface area contributed by atoms with Crippen LogP contribution in [0.2, 0.25) is 0 Å². The van der Waals surface area contributed by atoms with Crippen molar-refractivity contribution >= 4 is 22.8 Å². The summed E-state index contributed by atoms with van der Waals surface area (Å²) >= 11 is 1.73. The molecule has 1 aliphatic rings. The van der Waals surface area contributed by atoms with E-state index in [4.69, 9.17) is 9.53 Å². The van der Waals surface area contributed by atoms with Crippen molar-refractivity contribution in [1.29, 1.82) is 0 Å². The van der Waals surface area contributed by atoms with Crippen LogP contribution in [0.25, 0.3) is 0 Å². The van der Waals surface area contributed by atoms with Crippen molar-refractivity contribution in [2.75, 3.05) is 18.9 Å². The molecule has 7 nitrogen and oxygen atoms in total. The molecule has 0 spiro atoms. The Bertz CT molecular complexity index is 1030. The Morgan fingerprint density at radius 1 is 1.25 bits per heavy atom. The highest BCUT2D eigenvalue weighted by Crippen LogP contribution is 2.28. The van der Waals surface area contributed by atoms with Gasteiger partial charge in [-0.3, -0.25) is 4.90 Å². The minimum atomic E-state index is 0.454. The minimum Gasteiger partial charge on any atom is -0.439 e. The molecule has 3 aromatic rings. The van der Waals surface area contributed by atoms with E-state index in [1.165, 1.54) is 22.9 Å². The van der Waals surface area contributed by atoms with E-state index < -0.39 is 0 Å². The van der Waals surface area contributed by atoms with Crippen molar-refractivity contribution in [3.8, 4) is 11.6 Å². The van der Waals surface area contributed by atoms with Crippen LogP contribution in [0.4, 0.5) is 5.13 Å². The molecule has 2 aromatic heterocycles. The highest BCUT2D eigenvalue weighted by Gasteiger charge is 2.22. The zero-order chi connectivity index (χ0) is 23.1. The Morgan fingerprint density at radius 3 is 2.72 bits per heavy atom. The summed E-state index contributed by atoms with van der Waals surface area (Å²) in [6.45, 7) is 9.58. The number of anilines is 1. The summed E-state index contributed by atoms with van der Waals surface area (Å²) in [7, 11) is 1.91. The summed E-state index contributed by atoms with van der Waals surface area (Å²) in [5, 5.41) is 4.10. The second-order valence-electron chi connectivity index (χ2n) is 7.82. The highest BCUT2D eigenvalue weighted by atomic mass is 32.1. The standard InChI is InChI=1S/C22H27N5OS.C2H4O/c1-14-9-21(26-16(3)25-14)28-19-6-5-17-7-8-27(15(2)10-18(17)11-19)13-20-12-24-22(23-4)29-20;1-2-3/h5-6,9,11-12,15H,7-8,10,13H2,1-4H3,(H,23,24);2H,1H3/t15-;/m0./s1. The molecule has 1 aliphatic heterocycles. The average Bonchev–Trinajstić information content (AvgIpc) is 3.13. The van der Waals surface area contributed by atoms with Gasteiger partial charge in [-0.1, -0.05) is 6.07 Å². The van der Waals surface area contributed by atoms with Crippen LogP contribution in [0.5, 0.6) is 11.6 Å². The first kappa shape index (κ1) is 23.8. The number of aromatic nitrogens is 3. The molecule has 0 aliphatic carbocycles. The predicted octanol–water partition coefficient (Wildman–Crippen LogP) is 4.58. The molecule has 4 rings (SSSR count). The maximum atomic E-state index is 8.81. The number of aryl methyl sites for hydroxylation is 2. The zero-order valence-corrected chi connectivity index (χ0v) is 20.2. The molecule has 0 bridgehead atoms. The molecule has 0 amide bonds. The molecule has 8 heteroatoms. The molecular formula is C24H31N5O2S. The normalized spacial score (nSPS) is 15.7. The molecule has 32 heavy (non-hydrogen) atoms. The molecule has 0 saturated carbocycles. The van der Waals surface area contributed by atoms with E-state index in [1.54, 1.807) is 11.3 Å². The summed E-state index contributed by atoms with van der Waals surface area (Å²) in [5.74, 6) is 2.16. The van der Waals surface area contributed by atoms with Gasteiger partial charge in [0.1, 0.15) is 17.9 Å². The lowest BCUT2D eigenvalue weighted by molar-refractivity contribution is -0.106. The van der Waals surface area contributed by atoms with Crippen molar-refractivity contribution in [3.63, 3.8) is 0 Å². The van der Waals surface area contributed by atoms with Gasteiger partial charge in [0.25, 0.3) is 0 Å². The molecule has 0 radical (unpaired) electrons. The number of rotatable bonds is 5. The van der Waals surface area contributed by atoms with Gasteiger partial charge in [-0.2, -0.15) is 4.98 Å². The van der Waals surface area contributed by atoms with Crippen LogP contribution in [0.15, 0.2) is 30.5 Å². The van der Waals surface area contributed by atoms with E-state index in [1.807, 2.05) is 39.2 Å². The van der Waals surface area contributed by atoms with E-state index in [0.717, 1.165) is 54.6 Å². The van der Waals surface area contributed by atoms with Gasteiger partial charge in [0.15, 0.2) is 5.13 Å². The van der Waals surface area contributed by atoms with E-state index in [9.17, 15) is 0 Å². The number of thiazole rings is 1. The summed E-state index contributed by atoms with van der Waals surface area (Å²) < 4.78 is 6.04. The second kappa shape index (κ2) is 11.2. The third-order valence-electron chi connectivity index (χ3n) is 5.28. The maximum Gasteiger partial charge on any atom is 0.222 e. The fourth-order valence-electron chi connectivity index (χ4n) is 3.82. The fraction of sp³-hybridized carbons (Fsp3) is 0.417. The van der Waals surface area contributed by atoms with Crippen LogP contribution < -0.4 is 10.1 Å². The molecule has 0 unspecified atom stereocenters. The van der Waals surface area contributed by atoms with Crippen molar-refractivity contribution in [2.24, 2.45) is 0 Å². The van der Waals surface area contributed by atoms with Crippen LogP contribution in [0.1, 0.15) is 41.4 Å². The number of nitrogens with one attached hydrogen (secondary N) is 1. The quantitative estimate of drug-likeness (QED) is 0.567. The van der Waals surface area contributed by atoms with Gasteiger partial charge in [-0.05, 0) is 63.8 Å². The van der Waals surface area contributed by atoms with Gasteiger partial charge in [-0.25, -0.2) is 9.97 Å². The van der Waals surface area contributed by atoms with Crippen molar-refractivity contribution in [1.82, 2.24) is 19.9 Å². The number of carbonyl (C=O) groups excluding carboxylic acids is 1. The summed E-state index contributed by atoms with van der Waals surface area (Å²) in [5.41, 5.74) is 3.68. The zero-order valence-electron chi connectivity index (χ0n) is 19.4. The van der Waals surface area contributed by atoms with Crippen LogP contribution in [-0.4, -0.2) is 45.8 Å². The van der Waals surface area contributed by atoms with Crippen LogP contribution >= 0.6 is 11.3 Å². The van der Waals surface area contributed by atoms with Crippen LogP contribution in [0.3, 0.4) is 0 Å². The first-order chi connectivity index (χ1) is 15.4. The smallest absolute Gasteiger partial charge is 0.222 e. The predicted molar refractivity (Wildman–Crippen MR) is 129 cm³/mol. The Balaban J connectivity index is 0.000000913. The van der Waals surface area contributed by atoms with Crippen molar-refractivity contribution in [3.05, 3.63) is 58.0 Å². The number of carbonyl (C=O) groups is 1. The van der Waals surface area contributed by atoms with E-state index >= 15 is 0 Å². The molecule has 0 fully saturated rings. The molecule has 3 heterocycles. The van der Waals surface area contributed by atoms with E-state index in [0.29, 0.717) is 11.9 Å². The highest BCUT2D eigenvalue weighted by molar-refractivity contribution is 7.15. The number of ether oxygens (including phenoxy) is 1. The van der Waals surface area contributed by atoms with Gasteiger partial charge < -0.3 is 14.8 Å². The molecule has 1 N–H and O–H groups in total. The Morgan fingerprint density at radius 2 is 2.03 bits per heavy atom. The number of hydrogen-bond acceptors (Lipinski definition) is 8. The van der Waals surface area contributed by atoms with E-state index in [-0.39, 0.29) is 0 Å². The molecule has 0 saturated heterocycles. The summed E-state index contributed by atoms with van der Waals surface area (Å²) in [4.78, 5) is 25.8. The lowest BCUT2D eigenvalue weighted by Gasteiger charge is -2.26. The van der Waals surface area contributed by atoms with Gasteiger partial charge in [0.05, 0.1) is 0 Å². The topological polar surface area (TPSA) is 80.2 Å². The molecule has 170 valence electrons. The van der Waals surface area contributed by atoms with Gasteiger partial charge in [0.2, 0.25) is 5.88 Å². The number of benzene rings is 1. The number of aldehydes is 1. The van der Waals surface area contributed by atoms with Crippen LogP contribution in [0, 0.1) is 13.8 Å². The Hall–Kier alpha value is -2.84. The third kappa shape index (κ3) is 6.34. The molecular weight excluding hydrogens is 422 g/mol. The number of nitrogens with zero attached hydrogens (tertiary/aromatic N) is 4. The average molecular weight is 454 g/mol. The van der Waals surface area contributed by atoms with Crippen molar-refractivity contribution < 1.29 is 9.53 Å².